The van der Waals surface area contributed by atoms with Gasteiger partial charge in [-0.1, -0.05) is 36.8 Å². The zero-order chi connectivity index (χ0) is 19.7. The van der Waals surface area contributed by atoms with E-state index in [0.29, 0.717) is 30.5 Å². The lowest BCUT2D eigenvalue weighted by Gasteiger charge is -2.08. The second kappa shape index (κ2) is 9.87. The summed E-state index contributed by atoms with van der Waals surface area (Å²) in [5.41, 5.74) is 0.953. The summed E-state index contributed by atoms with van der Waals surface area (Å²) in [5.74, 6) is -1.26. The largest absolute Gasteiger partial charge is 0.481 e. The molecule has 0 aliphatic rings. The number of nitrogens with one attached hydrogen (secondary N) is 1. The fourth-order valence-corrected chi connectivity index (χ4v) is 3.97. The van der Waals surface area contributed by atoms with Crippen LogP contribution in [0.4, 0.5) is 0 Å². The predicted octanol–water partition coefficient (Wildman–Crippen LogP) is 3.04. The van der Waals surface area contributed by atoms with E-state index in [-0.39, 0.29) is 23.0 Å². The molecule has 0 saturated carbocycles. The smallest absolute Gasteiger partial charge is 0.303 e. The normalized spacial score (nSPS) is 11.1. The molecule has 0 bridgehead atoms. The van der Waals surface area contributed by atoms with Crippen LogP contribution in [0.3, 0.4) is 0 Å². The maximum atomic E-state index is 12.5. The van der Waals surface area contributed by atoms with E-state index in [4.69, 9.17) is 5.11 Å². The summed E-state index contributed by atoms with van der Waals surface area (Å²) in [6.45, 7) is 0.449. The summed E-state index contributed by atoms with van der Waals surface area (Å²) >= 11 is 0. The van der Waals surface area contributed by atoms with Gasteiger partial charge in [0.2, 0.25) is 0 Å². The summed E-state index contributed by atoms with van der Waals surface area (Å²) in [7, 11) is -3.47. The molecule has 2 rings (SSSR count). The van der Waals surface area contributed by atoms with Crippen molar-refractivity contribution >= 4 is 21.7 Å². The number of carboxylic acid groups (broad SMARTS) is 1. The first-order valence-electron chi connectivity index (χ1n) is 8.75. The van der Waals surface area contributed by atoms with Crippen molar-refractivity contribution in [2.75, 3.05) is 6.54 Å². The number of hydrogen-bond donors (Lipinski definition) is 2. The molecule has 0 spiro atoms. The first kappa shape index (κ1) is 20.6. The predicted molar refractivity (Wildman–Crippen MR) is 102 cm³/mol. The topological polar surface area (TPSA) is 101 Å². The molecular weight excluding hydrogens is 366 g/mol. The van der Waals surface area contributed by atoms with Crippen LogP contribution in [0, 0.1) is 0 Å². The molecule has 6 nitrogen and oxygen atoms in total. The van der Waals surface area contributed by atoms with Gasteiger partial charge in [0.05, 0.1) is 10.6 Å². The Kier molecular flexibility index (Phi) is 7.55. The lowest BCUT2D eigenvalue weighted by atomic mass is 10.1. The molecule has 27 heavy (non-hydrogen) atoms. The first-order valence-corrected chi connectivity index (χ1v) is 10.4. The molecule has 144 valence electrons. The molecule has 7 heteroatoms. The molecule has 0 unspecified atom stereocenters. The Morgan fingerprint density at radius 3 is 2.37 bits per heavy atom. The van der Waals surface area contributed by atoms with Crippen molar-refractivity contribution in [1.29, 1.82) is 0 Å². The van der Waals surface area contributed by atoms with Gasteiger partial charge in [0.1, 0.15) is 0 Å². The Labute approximate surface area is 159 Å². The Hall–Kier alpha value is -2.67. The number of carboxylic acids is 1. The second-order valence-corrected chi connectivity index (χ2v) is 8.22. The molecule has 0 aliphatic heterocycles. The number of sulfone groups is 1. The van der Waals surface area contributed by atoms with E-state index < -0.39 is 15.8 Å². The zero-order valence-electron chi connectivity index (χ0n) is 14.9. The van der Waals surface area contributed by atoms with Gasteiger partial charge in [0, 0.05) is 18.5 Å². The van der Waals surface area contributed by atoms with Crippen LogP contribution in [0.25, 0.3) is 0 Å². The van der Waals surface area contributed by atoms with Gasteiger partial charge in [-0.05, 0) is 42.7 Å². The highest BCUT2D eigenvalue weighted by molar-refractivity contribution is 7.90. The van der Waals surface area contributed by atoms with Gasteiger partial charge in [0.25, 0.3) is 5.91 Å². The molecule has 0 aromatic heterocycles. The number of rotatable bonds is 10. The van der Waals surface area contributed by atoms with Gasteiger partial charge in [-0.2, -0.15) is 0 Å². The maximum Gasteiger partial charge on any atom is 0.303 e. The Balaban J connectivity index is 1.91. The summed E-state index contributed by atoms with van der Waals surface area (Å²) in [6.07, 6.45) is 2.13. The monoisotopic (exact) mass is 389 g/mol. The molecule has 0 atom stereocenters. The summed E-state index contributed by atoms with van der Waals surface area (Å²) < 4.78 is 24.9. The van der Waals surface area contributed by atoms with E-state index in [9.17, 15) is 18.0 Å². The van der Waals surface area contributed by atoms with E-state index in [1.165, 1.54) is 0 Å². The minimum Gasteiger partial charge on any atom is -0.481 e. The number of aliphatic carboxylic acids is 1. The van der Waals surface area contributed by atoms with Crippen LogP contribution in [0.15, 0.2) is 59.5 Å². The van der Waals surface area contributed by atoms with Crippen molar-refractivity contribution in [2.45, 2.75) is 36.3 Å². The summed E-state index contributed by atoms with van der Waals surface area (Å²) in [5, 5.41) is 11.3. The highest BCUT2D eigenvalue weighted by Gasteiger charge is 2.16. The molecule has 0 aliphatic carbocycles. The van der Waals surface area contributed by atoms with Crippen LogP contribution in [-0.2, 0) is 20.4 Å². The Morgan fingerprint density at radius 2 is 1.67 bits per heavy atom. The highest BCUT2D eigenvalue weighted by Crippen LogP contribution is 2.17. The van der Waals surface area contributed by atoms with Crippen molar-refractivity contribution in [3.05, 3.63) is 65.7 Å². The van der Waals surface area contributed by atoms with E-state index in [2.05, 4.69) is 5.32 Å². The molecule has 1 amide bonds. The van der Waals surface area contributed by atoms with E-state index >= 15 is 0 Å². The van der Waals surface area contributed by atoms with Gasteiger partial charge in [-0.25, -0.2) is 8.42 Å². The van der Waals surface area contributed by atoms with Crippen LogP contribution in [0.1, 0.15) is 41.6 Å². The minimum absolute atomic E-state index is 0.131. The number of unbranched alkanes of at least 4 members (excludes halogenated alkanes) is 2. The fourth-order valence-electron chi connectivity index (χ4n) is 2.61. The molecule has 0 heterocycles. The number of carbonyl (C=O) groups excluding carboxylic acids is 1. The molecule has 2 aromatic carbocycles. The standard InChI is InChI=1S/C20H23NO5S/c22-19(23)12-5-2-6-13-21-20(24)17-9-7-8-16(14-17)15-27(25,26)18-10-3-1-4-11-18/h1,3-4,7-11,14H,2,5-6,12-13,15H2,(H,21,24)(H,22,23). The maximum absolute atomic E-state index is 12.5. The lowest BCUT2D eigenvalue weighted by Crippen LogP contribution is -2.24. The van der Waals surface area contributed by atoms with Gasteiger partial charge >= 0.3 is 5.97 Å². The van der Waals surface area contributed by atoms with Gasteiger partial charge in [-0.15, -0.1) is 0 Å². The van der Waals surface area contributed by atoms with Crippen LogP contribution < -0.4 is 5.32 Å². The first-order chi connectivity index (χ1) is 12.9. The lowest BCUT2D eigenvalue weighted by molar-refractivity contribution is -0.137. The summed E-state index contributed by atoms with van der Waals surface area (Å²) in [4.78, 5) is 22.9. The minimum atomic E-state index is -3.47. The second-order valence-electron chi connectivity index (χ2n) is 6.23. The number of hydrogen-bond acceptors (Lipinski definition) is 4. The van der Waals surface area contributed by atoms with Gasteiger partial charge < -0.3 is 10.4 Å². The van der Waals surface area contributed by atoms with E-state index in [1.807, 2.05) is 0 Å². The Bertz CT molecular complexity index is 878. The number of benzene rings is 2. The third-order valence-electron chi connectivity index (χ3n) is 4.00. The summed E-state index contributed by atoms with van der Waals surface area (Å²) in [6, 6.07) is 14.8. The molecular formula is C20H23NO5S. The van der Waals surface area contributed by atoms with Crippen molar-refractivity contribution in [1.82, 2.24) is 5.32 Å². The van der Waals surface area contributed by atoms with Crippen LogP contribution in [0.2, 0.25) is 0 Å². The molecule has 2 N–H and O–H groups in total. The zero-order valence-corrected chi connectivity index (χ0v) is 15.7. The third kappa shape index (κ3) is 6.86. The van der Waals surface area contributed by atoms with E-state index in [1.54, 1.807) is 54.6 Å². The average Bonchev–Trinajstić information content (AvgIpc) is 2.64. The quantitative estimate of drug-likeness (QED) is 0.608. The molecule has 0 radical (unpaired) electrons. The van der Waals surface area contributed by atoms with E-state index in [0.717, 1.165) is 6.42 Å². The van der Waals surface area contributed by atoms with Crippen molar-refractivity contribution < 1.29 is 23.1 Å². The van der Waals surface area contributed by atoms with Crippen molar-refractivity contribution in [3.63, 3.8) is 0 Å². The molecule has 2 aromatic rings. The van der Waals surface area contributed by atoms with Crippen LogP contribution >= 0.6 is 0 Å². The Morgan fingerprint density at radius 1 is 0.926 bits per heavy atom. The molecule has 0 fully saturated rings. The number of carbonyl (C=O) groups is 2. The average molecular weight is 389 g/mol. The highest BCUT2D eigenvalue weighted by atomic mass is 32.2. The van der Waals surface area contributed by atoms with Gasteiger partial charge in [0.15, 0.2) is 9.84 Å². The SMILES string of the molecule is O=C(O)CCCCCNC(=O)c1cccc(CS(=O)(=O)c2ccccc2)c1. The van der Waals surface area contributed by atoms with Crippen molar-refractivity contribution in [3.8, 4) is 0 Å². The molecule has 0 saturated heterocycles. The fraction of sp³-hybridized carbons (Fsp3) is 0.300. The van der Waals surface area contributed by atoms with Gasteiger partial charge in [-0.3, -0.25) is 9.59 Å². The number of amides is 1. The van der Waals surface area contributed by atoms with Crippen LogP contribution in [-0.4, -0.2) is 31.9 Å². The van der Waals surface area contributed by atoms with Crippen molar-refractivity contribution in [2.24, 2.45) is 0 Å². The third-order valence-corrected chi connectivity index (χ3v) is 5.70. The van der Waals surface area contributed by atoms with Crippen LogP contribution in [0.5, 0.6) is 0 Å².